The molecule has 10 heteroatoms. The Hall–Kier alpha value is -5.48. The van der Waals surface area contributed by atoms with Crippen LogP contribution in [0, 0.1) is 29.7 Å². The van der Waals surface area contributed by atoms with Crippen molar-refractivity contribution in [1.82, 2.24) is 19.9 Å². The Morgan fingerprint density at radius 3 is 1.64 bits per heavy atom. The summed E-state index contributed by atoms with van der Waals surface area (Å²) in [5, 5.41) is 15.7. The van der Waals surface area contributed by atoms with E-state index in [9.17, 15) is 14.0 Å². The topological polar surface area (TPSA) is 104 Å². The van der Waals surface area contributed by atoms with E-state index in [4.69, 9.17) is 26.5 Å². The summed E-state index contributed by atoms with van der Waals surface area (Å²) in [4.78, 5) is 25.9. The third kappa shape index (κ3) is 2.64. The molecule has 0 amide bonds. The smallest absolute Gasteiger partial charge is 0.206 e. The summed E-state index contributed by atoms with van der Waals surface area (Å²) in [7, 11) is 0. The molecule has 0 aliphatic heterocycles. The molecular formula is C26H8F2N8. The van der Waals surface area contributed by atoms with Gasteiger partial charge >= 0.3 is 0 Å². The average Bonchev–Trinajstić information content (AvgIpc) is 3.31. The molecule has 7 aromatic rings. The van der Waals surface area contributed by atoms with E-state index in [1.807, 2.05) is 0 Å². The molecule has 2 heterocycles. The number of hydrogen-bond acceptors (Lipinski definition) is 7. The zero-order valence-electron chi connectivity index (χ0n) is 18.0. The minimum atomic E-state index is -0.456. The van der Waals surface area contributed by atoms with Crippen LogP contribution in [0.5, 0.6) is 0 Å². The Bertz CT molecular complexity index is 2150. The third-order valence-electron chi connectivity index (χ3n) is 6.19. The van der Waals surface area contributed by atoms with Gasteiger partial charge in [0.1, 0.15) is 28.0 Å². The van der Waals surface area contributed by atoms with Gasteiger partial charge in [0.2, 0.25) is 6.19 Å². The van der Waals surface area contributed by atoms with Crippen LogP contribution >= 0.6 is 0 Å². The SMILES string of the molecule is [C-]#[N+]/N=c1\c2cc(F)ccc2c2nc3cc4nc5c(=NC#N)c6cc(F)ccc6c5nc4cc3nc12. The van der Waals surface area contributed by atoms with Crippen LogP contribution in [0.3, 0.4) is 0 Å². The van der Waals surface area contributed by atoms with E-state index in [-0.39, 0.29) is 10.7 Å². The van der Waals surface area contributed by atoms with Gasteiger partial charge in [-0.15, -0.1) is 4.95 Å². The first-order chi connectivity index (χ1) is 17.6. The van der Waals surface area contributed by atoms with Gasteiger partial charge in [-0.1, -0.05) is 0 Å². The highest BCUT2D eigenvalue weighted by atomic mass is 19.1. The summed E-state index contributed by atoms with van der Waals surface area (Å²) < 4.78 is 27.9. The molecule has 0 saturated carbocycles. The van der Waals surface area contributed by atoms with Crippen molar-refractivity contribution >= 4 is 65.7 Å². The van der Waals surface area contributed by atoms with Crippen LogP contribution < -0.4 is 10.7 Å². The molecule has 0 N–H and O–H groups in total. The molecule has 0 unspecified atom stereocenters. The van der Waals surface area contributed by atoms with Crippen molar-refractivity contribution in [3.8, 4) is 6.19 Å². The fourth-order valence-corrected chi connectivity index (χ4v) is 4.72. The van der Waals surface area contributed by atoms with Gasteiger partial charge in [-0.05, 0) is 48.5 Å². The summed E-state index contributed by atoms with van der Waals surface area (Å²) in [6.07, 6.45) is 1.76. The Morgan fingerprint density at radius 2 is 1.14 bits per heavy atom. The van der Waals surface area contributed by atoms with Crippen molar-refractivity contribution < 1.29 is 8.78 Å². The lowest BCUT2D eigenvalue weighted by Crippen LogP contribution is -2.02. The van der Waals surface area contributed by atoms with E-state index in [2.05, 4.69) is 15.0 Å². The highest BCUT2D eigenvalue weighted by Crippen LogP contribution is 2.29. The van der Waals surface area contributed by atoms with Gasteiger partial charge in [0, 0.05) is 21.5 Å². The normalized spacial score (nSPS) is 13.0. The summed E-state index contributed by atoms with van der Waals surface area (Å²) in [6.45, 7) is 7.19. The largest absolute Gasteiger partial charge is 0.244 e. The maximum atomic E-state index is 14.0. The predicted octanol–water partition coefficient (Wildman–Crippen LogP) is 4.46. The zero-order chi connectivity index (χ0) is 24.6. The molecule has 5 aromatic carbocycles. The van der Waals surface area contributed by atoms with Crippen LogP contribution in [-0.4, -0.2) is 19.9 Å². The number of nitrogens with zero attached hydrogens (tertiary/aromatic N) is 8. The molecule has 0 radical (unpaired) electrons. The Balaban J connectivity index is 1.63. The van der Waals surface area contributed by atoms with Crippen molar-refractivity contribution in [2.45, 2.75) is 0 Å². The lowest BCUT2D eigenvalue weighted by Gasteiger charge is -2.02. The van der Waals surface area contributed by atoms with Gasteiger partial charge < -0.3 is 0 Å². The van der Waals surface area contributed by atoms with Crippen LogP contribution in [0.2, 0.25) is 0 Å². The van der Waals surface area contributed by atoms with Crippen molar-refractivity contribution in [2.75, 3.05) is 0 Å². The molecule has 0 atom stereocenters. The molecule has 36 heavy (non-hydrogen) atoms. The van der Waals surface area contributed by atoms with Crippen LogP contribution in [-0.2, 0) is 0 Å². The standard InChI is InChI=1S/C26H8F2N8/c1-30-36-24-16-7-12(28)3-5-14(16)23-26(24)35-20-9-17-19(8-18(20)33-23)34-25-21(31-10-29)15-6-11(27)2-4-13(15)22(25)32-17/h2-9H/b31-21?,36-24+. The molecule has 7 rings (SSSR count). The van der Waals surface area contributed by atoms with Crippen molar-refractivity contribution in [1.29, 1.82) is 5.26 Å². The van der Waals surface area contributed by atoms with Crippen LogP contribution in [0.25, 0.3) is 70.6 Å². The summed E-state index contributed by atoms with van der Waals surface area (Å²) in [5.41, 5.74) is 3.74. The molecule has 2 aromatic heterocycles. The Kier molecular flexibility index (Phi) is 3.88. The van der Waals surface area contributed by atoms with Gasteiger partial charge in [-0.2, -0.15) is 16.8 Å². The highest BCUT2D eigenvalue weighted by Gasteiger charge is 2.18. The number of rotatable bonds is 0. The summed E-state index contributed by atoms with van der Waals surface area (Å²) in [5.74, 6) is -0.908. The number of fused-ring (bicyclic) bond motifs is 8. The summed E-state index contributed by atoms with van der Waals surface area (Å²) >= 11 is 0. The van der Waals surface area contributed by atoms with E-state index in [1.54, 1.807) is 30.5 Å². The van der Waals surface area contributed by atoms with Gasteiger partial charge in [-0.25, -0.2) is 28.7 Å². The fraction of sp³-hybridized carbons (Fsp3) is 0. The predicted molar refractivity (Wildman–Crippen MR) is 128 cm³/mol. The van der Waals surface area contributed by atoms with E-state index in [1.165, 1.54) is 24.3 Å². The minimum absolute atomic E-state index is 0.257. The van der Waals surface area contributed by atoms with Gasteiger partial charge in [0.05, 0.1) is 38.2 Å². The Labute approximate surface area is 198 Å². The van der Waals surface area contributed by atoms with Crippen LogP contribution in [0.15, 0.2) is 58.6 Å². The number of nitriles is 1. The number of benzene rings is 3. The van der Waals surface area contributed by atoms with Crippen LogP contribution in [0.4, 0.5) is 8.78 Å². The first kappa shape index (κ1) is 19.9. The number of aromatic nitrogens is 4. The van der Waals surface area contributed by atoms with E-state index in [0.29, 0.717) is 65.7 Å². The average molecular weight is 470 g/mol. The quantitative estimate of drug-likeness (QED) is 0.141. The minimum Gasteiger partial charge on any atom is -0.244 e. The first-order valence-corrected chi connectivity index (χ1v) is 10.6. The molecule has 0 spiro atoms. The van der Waals surface area contributed by atoms with E-state index >= 15 is 0 Å². The number of hydrogen-bond donors (Lipinski definition) is 0. The molecule has 0 aliphatic carbocycles. The lowest BCUT2D eigenvalue weighted by atomic mass is 10.2. The molecule has 8 nitrogen and oxygen atoms in total. The van der Waals surface area contributed by atoms with Gasteiger partial charge in [-0.3, -0.25) is 0 Å². The number of halogens is 2. The maximum absolute atomic E-state index is 14.0. The second-order valence-corrected chi connectivity index (χ2v) is 8.16. The Morgan fingerprint density at radius 1 is 0.667 bits per heavy atom. The van der Waals surface area contributed by atoms with Crippen molar-refractivity contribution in [2.24, 2.45) is 10.1 Å². The molecule has 166 valence electrons. The van der Waals surface area contributed by atoms with E-state index in [0.717, 1.165) is 0 Å². The van der Waals surface area contributed by atoms with Crippen molar-refractivity contribution in [3.63, 3.8) is 0 Å². The van der Waals surface area contributed by atoms with E-state index < -0.39 is 11.6 Å². The lowest BCUT2D eigenvalue weighted by molar-refractivity contribution is 0.629. The molecule has 0 aliphatic rings. The highest BCUT2D eigenvalue weighted by molar-refractivity contribution is 6.12. The second-order valence-electron chi connectivity index (χ2n) is 8.16. The molecule has 0 saturated heterocycles. The molecule has 0 bridgehead atoms. The summed E-state index contributed by atoms with van der Waals surface area (Å²) in [6, 6.07) is 11.9. The van der Waals surface area contributed by atoms with Crippen molar-refractivity contribution in [3.05, 3.63) is 82.4 Å². The molecule has 0 fully saturated rings. The van der Waals surface area contributed by atoms with Gasteiger partial charge in [0.15, 0.2) is 5.36 Å². The van der Waals surface area contributed by atoms with Crippen LogP contribution in [0.1, 0.15) is 0 Å². The maximum Gasteiger partial charge on any atom is 0.206 e. The second kappa shape index (κ2) is 7.01. The zero-order valence-corrected chi connectivity index (χ0v) is 18.0. The van der Waals surface area contributed by atoms with Gasteiger partial charge in [0.25, 0.3) is 0 Å². The first-order valence-electron chi connectivity index (χ1n) is 10.6. The fourth-order valence-electron chi connectivity index (χ4n) is 4.72. The third-order valence-corrected chi connectivity index (χ3v) is 6.19. The monoisotopic (exact) mass is 470 g/mol. The molecular weight excluding hydrogens is 462 g/mol.